The largest absolute Gasteiger partial charge is 0.480 e. The number of nitriles is 1. The van der Waals surface area contributed by atoms with E-state index >= 15 is 0 Å². The Kier molecular flexibility index (Phi) is 7.53. The number of halogens is 3. The van der Waals surface area contributed by atoms with Gasteiger partial charge in [-0.2, -0.15) is 14.0 Å². The molecule has 1 atom stereocenters. The Bertz CT molecular complexity index is 1320. The van der Waals surface area contributed by atoms with Gasteiger partial charge in [0.05, 0.1) is 23.5 Å². The predicted molar refractivity (Wildman–Crippen MR) is 122 cm³/mol. The SMILES string of the molecule is N#Cc1ccc(-n2c(Br)cnc2SC(F)(F)C(=O)NC(CCC(N)=O)C(=O)O)c2ccccc12. The molecule has 0 aliphatic rings. The smallest absolute Gasteiger partial charge is 0.377 e. The maximum absolute atomic E-state index is 14.8. The number of alkyl halides is 2. The summed E-state index contributed by atoms with van der Waals surface area (Å²) in [6.45, 7) is 0. The third-order valence-electron chi connectivity index (χ3n) is 4.72. The van der Waals surface area contributed by atoms with E-state index in [0.29, 0.717) is 26.6 Å². The number of carboxylic acid groups (broad SMARTS) is 1. The van der Waals surface area contributed by atoms with Crippen LogP contribution in [0.2, 0.25) is 0 Å². The molecule has 0 fully saturated rings. The summed E-state index contributed by atoms with van der Waals surface area (Å²) < 4.78 is 31.3. The third kappa shape index (κ3) is 5.35. The van der Waals surface area contributed by atoms with E-state index in [2.05, 4.69) is 27.0 Å². The van der Waals surface area contributed by atoms with Crippen LogP contribution in [0, 0.1) is 11.3 Å². The van der Waals surface area contributed by atoms with Crippen LogP contribution in [0.15, 0.2) is 52.4 Å². The molecule has 13 heteroatoms. The second-order valence-corrected chi connectivity index (χ2v) is 8.87. The van der Waals surface area contributed by atoms with E-state index in [-0.39, 0.29) is 16.9 Å². The summed E-state index contributed by atoms with van der Waals surface area (Å²) >= 11 is 3.09. The highest BCUT2D eigenvalue weighted by atomic mass is 79.9. The van der Waals surface area contributed by atoms with Gasteiger partial charge >= 0.3 is 17.1 Å². The lowest BCUT2D eigenvalue weighted by molar-refractivity contribution is -0.145. The Morgan fingerprint density at radius 2 is 1.94 bits per heavy atom. The van der Waals surface area contributed by atoms with Crippen molar-refractivity contribution in [1.82, 2.24) is 14.9 Å². The van der Waals surface area contributed by atoms with Crippen LogP contribution < -0.4 is 11.1 Å². The number of aliphatic carboxylic acids is 1. The Morgan fingerprint density at radius 1 is 1.26 bits per heavy atom. The number of imidazole rings is 1. The molecule has 0 aliphatic carbocycles. The number of carbonyl (C=O) groups excluding carboxylic acids is 2. The number of thioether (sulfide) groups is 1. The highest BCUT2D eigenvalue weighted by Gasteiger charge is 2.43. The molecule has 0 saturated heterocycles. The predicted octanol–water partition coefficient (Wildman–Crippen LogP) is 3.18. The van der Waals surface area contributed by atoms with Gasteiger partial charge in [-0.05, 0) is 46.2 Å². The van der Waals surface area contributed by atoms with Crippen molar-refractivity contribution in [1.29, 1.82) is 5.26 Å². The number of hydrogen-bond acceptors (Lipinski definition) is 6. The molecule has 3 aromatic rings. The summed E-state index contributed by atoms with van der Waals surface area (Å²) in [5, 5.41) is 17.1. The lowest BCUT2D eigenvalue weighted by atomic mass is 10.0. The van der Waals surface area contributed by atoms with Crippen molar-refractivity contribution in [2.45, 2.75) is 29.3 Å². The number of nitrogens with one attached hydrogen (secondary N) is 1. The van der Waals surface area contributed by atoms with Gasteiger partial charge in [0.15, 0.2) is 5.16 Å². The average molecular weight is 552 g/mol. The first-order valence-electron chi connectivity index (χ1n) is 9.59. The average Bonchev–Trinajstić information content (AvgIpc) is 3.14. The van der Waals surface area contributed by atoms with Gasteiger partial charge in [0.2, 0.25) is 5.91 Å². The summed E-state index contributed by atoms with van der Waals surface area (Å²) in [6, 6.07) is 10.4. The number of carbonyl (C=O) groups is 3. The van der Waals surface area contributed by atoms with Gasteiger partial charge in [-0.25, -0.2) is 9.78 Å². The fourth-order valence-corrected chi connectivity index (χ4v) is 4.48. The van der Waals surface area contributed by atoms with E-state index in [9.17, 15) is 28.4 Å². The summed E-state index contributed by atoms with van der Waals surface area (Å²) in [5.41, 5.74) is 5.79. The van der Waals surface area contributed by atoms with Crippen molar-refractivity contribution in [2.75, 3.05) is 0 Å². The first-order chi connectivity index (χ1) is 16.0. The molecule has 0 aliphatic heterocycles. The zero-order chi connectivity index (χ0) is 25.0. The molecule has 0 saturated carbocycles. The van der Waals surface area contributed by atoms with E-state index in [4.69, 9.17) is 10.8 Å². The van der Waals surface area contributed by atoms with Crippen molar-refractivity contribution in [3.63, 3.8) is 0 Å². The number of hydrogen-bond donors (Lipinski definition) is 3. The second kappa shape index (κ2) is 10.2. The molecule has 2 amide bonds. The van der Waals surface area contributed by atoms with Crippen molar-refractivity contribution in [3.05, 3.63) is 52.8 Å². The van der Waals surface area contributed by atoms with E-state index in [1.807, 2.05) is 0 Å². The number of nitrogens with zero attached hydrogens (tertiary/aromatic N) is 3. The number of primary amides is 1. The Hall–Kier alpha value is -3.50. The van der Waals surface area contributed by atoms with Crippen LogP contribution in [0.25, 0.3) is 16.5 Å². The van der Waals surface area contributed by atoms with Gasteiger partial charge in [-0.3, -0.25) is 14.2 Å². The van der Waals surface area contributed by atoms with Crippen molar-refractivity contribution in [3.8, 4) is 11.8 Å². The van der Waals surface area contributed by atoms with Gasteiger partial charge in [-0.1, -0.05) is 24.3 Å². The van der Waals surface area contributed by atoms with Gasteiger partial charge in [-0.15, -0.1) is 0 Å². The fourth-order valence-electron chi connectivity index (χ4n) is 3.13. The molecule has 0 radical (unpaired) electrons. The van der Waals surface area contributed by atoms with Gasteiger partial charge < -0.3 is 16.2 Å². The first-order valence-corrected chi connectivity index (χ1v) is 11.2. The third-order valence-corrected chi connectivity index (χ3v) is 6.19. The van der Waals surface area contributed by atoms with E-state index in [1.165, 1.54) is 10.8 Å². The van der Waals surface area contributed by atoms with Gasteiger partial charge in [0, 0.05) is 17.2 Å². The number of fused-ring (bicyclic) bond motifs is 1. The Labute approximate surface area is 204 Å². The number of rotatable bonds is 9. The highest BCUT2D eigenvalue weighted by molar-refractivity contribution is 9.10. The van der Waals surface area contributed by atoms with Crippen LogP contribution in [0.3, 0.4) is 0 Å². The topological polar surface area (TPSA) is 151 Å². The highest BCUT2D eigenvalue weighted by Crippen LogP contribution is 2.39. The lowest BCUT2D eigenvalue weighted by Crippen LogP contribution is -2.47. The standard InChI is InChI=1S/C21H16BrF2N5O4S/c22-16-10-27-20(29(16)15-7-5-11(9-25)12-3-1-2-4-13(12)15)34-21(23,24)19(33)28-14(18(31)32)6-8-17(26)30/h1-5,7,10,14H,6,8H2,(H2,26,30)(H,28,33)(H,31,32). The number of nitrogens with two attached hydrogens (primary N) is 1. The quantitative estimate of drug-likeness (QED) is 0.345. The molecule has 1 unspecified atom stereocenters. The second-order valence-electron chi connectivity index (χ2n) is 6.98. The molecule has 1 heterocycles. The summed E-state index contributed by atoms with van der Waals surface area (Å²) in [7, 11) is 0. The molecule has 1 aromatic heterocycles. The first kappa shape index (κ1) is 25.1. The molecule has 3 rings (SSSR count). The zero-order valence-corrected chi connectivity index (χ0v) is 19.6. The minimum Gasteiger partial charge on any atom is -0.480 e. The van der Waals surface area contributed by atoms with Crippen LogP contribution in [-0.2, 0) is 14.4 Å². The number of aromatic nitrogens is 2. The molecule has 34 heavy (non-hydrogen) atoms. The summed E-state index contributed by atoms with van der Waals surface area (Å²) in [5.74, 6) is -4.27. The van der Waals surface area contributed by atoms with Crippen LogP contribution in [0.5, 0.6) is 0 Å². The van der Waals surface area contributed by atoms with E-state index in [1.54, 1.807) is 41.7 Å². The number of amides is 2. The van der Waals surface area contributed by atoms with Crippen molar-refractivity contribution >= 4 is 56.2 Å². The van der Waals surface area contributed by atoms with Crippen LogP contribution >= 0.6 is 27.7 Å². The molecule has 0 spiro atoms. The van der Waals surface area contributed by atoms with E-state index < -0.39 is 41.9 Å². The normalized spacial score (nSPS) is 12.2. The summed E-state index contributed by atoms with van der Waals surface area (Å²) in [4.78, 5) is 38.4. The number of benzene rings is 2. The van der Waals surface area contributed by atoms with Crippen molar-refractivity contribution in [2.24, 2.45) is 5.73 Å². The molecular formula is C21H16BrF2N5O4S. The monoisotopic (exact) mass is 551 g/mol. The minimum absolute atomic E-state index is 0.180. The molecule has 4 N–H and O–H groups in total. The molecule has 0 bridgehead atoms. The zero-order valence-electron chi connectivity index (χ0n) is 17.2. The summed E-state index contributed by atoms with van der Waals surface area (Å²) in [6.07, 6.45) is 0.434. The molecule has 176 valence electrons. The number of carboxylic acids is 1. The van der Waals surface area contributed by atoms with E-state index in [0.717, 1.165) is 0 Å². The van der Waals surface area contributed by atoms with Gasteiger partial charge in [0.1, 0.15) is 10.6 Å². The fraction of sp³-hybridized carbons (Fsp3) is 0.190. The Morgan fingerprint density at radius 3 is 2.56 bits per heavy atom. The van der Waals surface area contributed by atoms with Crippen LogP contribution in [-0.4, -0.2) is 43.7 Å². The molecular weight excluding hydrogens is 536 g/mol. The van der Waals surface area contributed by atoms with Gasteiger partial charge in [0.25, 0.3) is 0 Å². The molecule has 9 nitrogen and oxygen atoms in total. The van der Waals surface area contributed by atoms with Crippen LogP contribution in [0.1, 0.15) is 18.4 Å². The lowest BCUT2D eigenvalue weighted by Gasteiger charge is -2.20. The minimum atomic E-state index is -4.11. The maximum Gasteiger partial charge on any atom is 0.377 e. The maximum atomic E-state index is 14.8. The molecule has 2 aromatic carbocycles. The Balaban J connectivity index is 1.93. The van der Waals surface area contributed by atoms with Crippen molar-refractivity contribution < 1.29 is 28.3 Å². The van der Waals surface area contributed by atoms with Crippen LogP contribution in [0.4, 0.5) is 8.78 Å².